The van der Waals surface area contributed by atoms with Crippen LogP contribution in [-0.4, -0.2) is 76.1 Å². The molecule has 2 aliphatic rings. The van der Waals surface area contributed by atoms with Crippen molar-refractivity contribution in [2.75, 3.05) is 34.4 Å². The Morgan fingerprint density at radius 2 is 1.67 bits per heavy atom. The van der Waals surface area contributed by atoms with Crippen molar-refractivity contribution >= 4 is 34.1 Å². The Morgan fingerprint density at radius 1 is 0.929 bits per heavy atom. The fourth-order valence-corrected chi connectivity index (χ4v) is 5.57. The van der Waals surface area contributed by atoms with E-state index in [4.69, 9.17) is 28.9 Å². The second-order valence-corrected chi connectivity index (χ2v) is 12.2. The first-order chi connectivity index (χ1) is 20.1. The van der Waals surface area contributed by atoms with Crippen LogP contribution in [0, 0.1) is 11.8 Å². The summed E-state index contributed by atoms with van der Waals surface area (Å²) < 4.78 is 26.2. The molecule has 11 heteroatoms. The molecule has 4 heterocycles. The van der Waals surface area contributed by atoms with E-state index in [2.05, 4.69) is 15.2 Å². The number of benzene rings is 1. The van der Waals surface area contributed by atoms with Crippen LogP contribution in [0.15, 0.2) is 30.3 Å². The summed E-state index contributed by atoms with van der Waals surface area (Å²) in [6.45, 7) is 8.16. The number of hydrogen-bond acceptors (Lipinski definition) is 8. The van der Waals surface area contributed by atoms with Crippen molar-refractivity contribution in [3.63, 3.8) is 0 Å². The van der Waals surface area contributed by atoms with E-state index in [1.165, 1.54) is 20.0 Å². The molecule has 1 saturated heterocycles. The monoisotopic (exact) mass is 575 g/mol. The van der Waals surface area contributed by atoms with Crippen LogP contribution >= 0.6 is 0 Å². The number of esters is 1. The molecule has 3 aromatic heterocycles. The molecule has 1 amide bonds. The summed E-state index contributed by atoms with van der Waals surface area (Å²) in [6.07, 6.45) is 2.05. The van der Waals surface area contributed by atoms with Crippen LogP contribution < -0.4 is 9.47 Å². The number of pyridine rings is 1. The van der Waals surface area contributed by atoms with Crippen LogP contribution in [0.2, 0.25) is 0 Å². The molecule has 11 nitrogen and oxygen atoms in total. The van der Waals surface area contributed by atoms with Gasteiger partial charge in [0.2, 0.25) is 5.88 Å². The second kappa shape index (κ2) is 10.5. The summed E-state index contributed by atoms with van der Waals surface area (Å²) in [5.74, 6) is 2.13. The minimum absolute atomic E-state index is 0.179. The molecule has 1 aliphatic heterocycles. The first kappa shape index (κ1) is 27.9. The van der Waals surface area contributed by atoms with Crippen molar-refractivity contribution in [3.05, 3.63) is 35.9 Å². The normalized spacial score (nSPS) is 15.6. The van der Waals surface area contributed by atoms with Gasteiger partial charge in [-0.1, -0.05) is 0 Å². The molecule has 1 aromatic carbocycles. The minimum Gasteiger partial charge on any atom is -0.494 e. The van der Waals surface area contributed by atoms with Crippen molar-refractivity contribution < 1.29 is 28.5 Å². The Morgan fingerprint density at radius 3 is 2.31 bits per heavy atom. The lowest BCUT2D eigenvalue weighted by atomic mass is 10.0. The number of nitrogens with zero attached hydrogens (tertiary/aromatic N) is 5. The smallest absolute Gasteiger partial charge is 0.410 e. The maximum atomic E-state index is 12.6. The van der Waals surface area contributed by atoms with Crippen LogP contribution in [0.4, 0.5) is 4.79 Å². The first-order valence-corrected chi connectivity index (χ1v) is 14.3. The van der Waals surface area contributed by atoms with E-state index >= 15 is 0 Å². The maximum Gasteiger partial charge on any atom is 0.410 e. The number of hydrogen-bond donors (Lipinski definition) is 0. The predicted molar refractivity (Wildman–Crippen MR) is 157 cm³/mol. The van der Waals surface area contributed by atoms with Gasteiger partial charge in [0.05, 0.1) is 38.1 Å². The standard InChI is InChI=1S/C31H37N5O6/c1-31(2,3)42-30(38)34-14-19(15-34)17-36-26-22(11-21(29(37)41-6)13-24(26)39-4)32-28(36)23-12-20-9-10-25(40-5)33-27(20)35(23)16-18-7-8-18/h9-13,18-19H,7-8,14-17H2,1-6H3. The third kappa shape index (κ3) is 5.23. The first-order valence-electron chi connectivity index (χ1n) is 14.3. The Hall–Kier alpha value is -4.28. The van der Waals surface area contributed by atoms with Crippen molar-refractivity contribution in [1.29, 1.82) is 0 Å². The number of imidazole rings is 1. The van der Waals surface area contributed by atoms with E-state index in [-0.39, 0.29) is 12.0 Å². The van der Waals surface area contributed by atoms with Gasteiger partial charge in [-0.3, -0.25) is 0 Å². The van der Waals surface area contributed by atoms with E-state index < -0.39 is 11.6 Å². The molecule has 0 spiro atoms. The Kier molecular flexibility index (Phi) is 6.98. The average molecular weight is 576 g/mol. The van der Waals surface area contributed by atoms with Crippen LogP contribution in [-0.2, 0) is 22.6 Å². The number of fused-ring (bicyclic) bond motifs is 2. The van der Waals surface area contributed by atoms with Gasteiger partial charge in [0.1, 0.15) is 22.5 Å². The van der Waals surface area contributed by atoms with Crippen molar-refractivity contribution in [2.24, 2.45) is 11.8 Å². The third-order valence-corrected chi connectivity index (χ3v) is 7.79. The number of likely N-dealkylation sites (tertiary alicyclic amines) is 1. The van der Waals surface area contributed by atoms with Crippen molar-refractivity contribution in [3.8, 4) is 23.1 Å². The topological polar surface area (TPSA) is 110 Å². The fourth-order valence-electron chi connectivity index (χ4n) is 5.57. The number of aromatic nitrogens is 4. The van der Waals surface area contributed by atoms with Gasteiger partial charge >= 0.3 is 12.1 Å². The summed E-state index contributed by atoms with van der Waals surface area (Å²) in [6, 6.07) is 9.43. The number of carbonyl (C=O) groups excluding carboxylic acids is 2. The summed E-state index contributed by atoms with van der Waals surface area (Å²) >= 11 is 0. The summed E-state index contributed by atoms with van der Waals surface area (Å²) in [5.41, 5.74) is 3.00. The van der Waals surface area contributed by atoms with E-state index in [0.717, 1.165) is 34.6 Å². The third-order valence-electron chi connectivity index (χ3n) is 7.79. The highest BCUT2D eigenvalue weighted by molar-refractivity contribution is 5.97. The molecular formula is C31H37N5O6. The van der Waals surface area contributed by atoms with Crippen LogP contribution in [0.5, 0.6) is 11.6 Å². The van der Waals surface area contributed by atoms with E-state index in [9.17, 15) is 9.59 Å². The maximum absolute atomic E-state index is 12.6. The van der Waals surface area contributed by atoms with Gasteiger partial charge in [0.15, 0.2) is 5.82 Å². The molecule has 0 bridgehead atoms. The summed E-state index contributed by atoms with van der Waals surface area (Å²) in [5, 5.41) is 0.993. The Balaban J connectivity index is 1.46. The molecule has 222 valence electrons. The fraction of sp³-hybridized carbons (Fsp3) is 0.484. The molecule has 6 rings (SSSR count). The van der Waals surface area contributed by atoms with Crippen LogP contribution in [0.25, 0.3) is 33.6 Å². The van der Waals surface area contributed by atoms with Crippen LogP contribution in [0.3, 0.4) is 0 Å². The minimum atomic E-state index is -0.549. The lowest BCUT2D eigenvalue weighted by Crippen LogP contribution is -2.52. The number of amides is 1. The summed E-state index contributed by atoms with van der Waals surface area (Å²) in [7, 11) is 4.56. The highest BCUT2D eigenvalue weighted by Gasteiger charge is 2.35. The van der Waals surface area contributed by atoms with Gasteiger partial charge in [0, 0.05) is 43.5 Å². The number of ether oxygens (including phenoxy) is 4. The van der Waals surface area contributed by atoms with Crippen LogP contribution in [0.1, 0.15) is 44.0 Å². The van der Waals surface area contributed by atoms with E-state index in [0.29, 0.717) is 48.3 Å². The molecule has 0 atom stereocenters. The lowest BCUT2D eigenvalue weighted by molar-refractivity contribution is -0.00313. The lowest BCUT2D eigenvalue weighted by Gasteiger charge is -2.40. The molecule has 1 saturated carbocycles. The second-order valence-electron chi connectivity index (χ2n) is 12.2. The molecular weight excluding hydrogens is 538 g/mol. The molecule has 0 N–H and O–H groups in total. The quantitative estimate of drug-likeness (QED) is 0.266. The molecule has 42 heavy (non-hydrogen) atoms. The largest absolute Gasteiger partial charge is 0.494 e. The van der Waals surface area contributed by atoms with Gasteiger partial charge in [-0.15, -0.1) is 0 Å². The van der Waals surface area contributed by atoms with Gasteiger partial charge in [-0.25, -0.2) is 14.6 Å². The highest BCUT2D eigenvalue weighted by Crippen LogP contribution is 2.39. The molecule has 0 unspecified atom stereocenters. The van der Waals surface area contributed by atoms with E-state index in [1.54, 1.807) is 31.3 Å². The molecule has 0 radical (unpaired) electrons. The van der Waals surface area contributed by atoms with Gasteiger partial charge in [-0.05, 0) is 63.8 Å². The SMILES string of the molecule is COC(=O)c1cc(OC)c2c(c1)nc(-c1cc3ccc(OC)nc3n1CC1CC1)n2CC1CN(C(=O)OC(C)(C)C)C1. The molecule has 4 aromatic rings. The molecule has 2 fully saturated rings. The van der Waals surface area contributed by atoms with Gasteiger partial charge in [-0.2, -0.15) is 4.98 Å². The number of rotatable bonds is 8. The zero-order valence-electron chi connectivity index (χ0n) is 25.0. The van der Waals surface area contributed by atoms with Crippen molar-refractivity contribution in [1.82, 2.24) is 24.0 Å². The highest BCUT2D eigenvalue weighted by atomic mass is 16.6. The zero-order valence-corrected chi connectivity index (χ0v) is 25.0. The number of carbonyl (C=O) groups is 2. The predicted octanol–water partition coefficient (Wildman–Crippen LogP) is 5.13. The number of methoxy groups -OCH3 is 3. The van der Waals surface area contributed by atoms with E-state index in [1.807, 2.05) is 32.9 Å². The summed E-state index contributed by atoms with van der Waals surface area (Å²) in [4.78, 5) is 36.7. The van der Waals surface area contributed by atoms with Gasteiger partial charge < -0.3 is 33.0 Å². The molecule has 1 aliphatic carbocycles. The zero-order chi connectivity index (χ0) is 29.8. The average Bonchev–Trinajstić information content (AvgIpc) is 3.59. The van der Waals surface area contributed by atoms with Gasteiger partial charge in [0.25, 0.3) is 0 Å². The Bertz CT molecular complexity index is 1670. The Labute approximate surface area is 244 Å². The van der Waals surface area contributed by atoms with Crippen molar-refractivity contribution in [2.45, 2.75) is 52.3 Å².